The van der Waals surface area contributed by atoms with E-state index >= 15 is 0 Å². The van der Waals surface area contributed by atoms with Crippen molar-refractivity contribution in [3.63, 3.8) is 0 Å². The van der Waals surface area contributed by atoms with Crippen LogP contribution in [0.1, 0.15) is 116 Å². The average molecular weight is 964 g/mol. The molecule has 3 aliphatic heterocycles. The number of nitrogens with one attached hydrogen (secondary N) is 2. The number of rotatable bonds is 14. The number of aromatic nitrogens is 4. The van der Waals surface area contributed by atoms with Crippen molar-refractivity contribution in [2.24, 2.45) is 10.4 Å². The Morgan fingerprint density at radius 3 is 2.28 bits per heavy atom. The number of carboxylic acids is 1. The molecule has 0 bridgehead atoms. The minimum Gasteiger partial charge on any atom is -0.481 e. The van der Waals surface area contributed by atoms with E-state index in [1.807, 2.05) is 88.0 Å². The third-order valence-corrected chi connectivity index (χ3v) is 15.5. The number of nitrogens with zero attached hydrogens (tertiary/aromatic N) is 7. The van der Waals surface area contributed by atoms with Gasteiger partial charge in [0.1, 0.15) is 29.0 Å². The Bertz CT molecular complexity index is 2690. The van der Waals surface area contributed by atoms with Crippen LogP contribution >= 0.6 is 22.7 Å². The van der Waals surface area contributed by atoms with Gasteiger partial charge >= 0.3 is 5.97 Å². The van der Waals surface area contributed by atoms with Crippen molar-refractivity contribution in [3.05, 3.63) is 98.5 Å². The van der Waals surface area contributed by atoms with Gasteiger partial charge in [-0.1, -0.05) is 57.2 Å². The van der Waals surface area contributed by atoms with Gasteiger partial charge in [-0.3, -0.25) is 28.7 Å². The number of carboxylic acid groups (broad SMARTS) is 1. The van der Waals surface area contributed by atoms with Crippen LogP contribution in [0.4, 0.5) is 5.69 Å². The first kappa shape index (κ1) is 48.6. The Hall–Kier alpha value is -5.82. The first-order chi connectivity index (χ1) is 32.4. The number of carbonyl (C=O) groups excluding carboxylic acids is 3. The molecule has 2 fully saturated rings. The van der Waals surface area contributed by atoms with Crippen molar-refractivity contribution in [2.45, 2.75) is 124 Å². The van der Waals surface area contributed by atoms with Gasteiger partial charge in [-0.25, -0.2) is 4.98 Å². The van der Waals surface area contributed by atoms with Crippen LogP contribution in [-0.4, -0.2) is 115 Å². The number of carbonyl (C=O) groups is 4. The second-order valence-corrected chi connectivity index (χ2v) is 21.3. The van der Waals surface area contributed by atoms with Crippen molar-refractivity contribution in [2.75, 3.05) is 31.1 Å². The maximum Gasteiger partial charge on any atom is 0.306 e. The number of aryl methyl sites for hydroxylation is 3. The number of β-amino-alcohol motifs (C(OH)–C–C–N with tert-alkyl or cyclic N) is 1. The number of fused-ring (bicyclic) bond motifs is 3. The Labute approximate surface area is 404 Å². The molecule has 0 unspecified atom stereocenters. The van der Waals surface area contributed by atoms with Crippen molar-refractivity contribution in [1.82, 2.24) is 35.3 Å². The number of aliphatic imine (C=N–C) groups is 1. The summed E-state index contributed by atoms with van der Waals surface area (Å²) in [4.78, 5) is 68.7. The van der Waals surface area contributed by atoms with Crippen molar-refractivity contribution in [1.29, 1.82) is 0 Å². The van der Waals surface area contributed by atoms with Crippen molar-refractivity contribution < 1.29 is 34.1 Å². The molecule has 360 valence electrons. The fourth-order valence-electron chi connectivity index (χ4n) is 9.37. The predicted octanol–water partition coefficient (Wildman–Crippen LogP) is 6.80. The number of thiophene rings is 1. The topological polar surface area (TPSA) is 204 Å². The summed E-state index contributed by atoms with van der Waals surface area (Å²) in [6.07, 6.45) is 0.584. The average Bonchev–Trinajstić information content (AvgIpc) is 4.07. The molecule has 8 rings (SSSR count). The molecule has 0 aliphatic carbocycles. The maximum absolute atomic E-state index is 14.2. The van der Waals surface area contributed by atoms with Gasteiger partial charge in [0.15, 0.2) is 5.82 Å². The van der Waals surface area contributed by atoms with Crippen molar-refractivity contribution in [3.8, 4) is 15.4 Å². The minimum atomic E-state index is -0.958. The summed E-state index contributed by atoms with van der Waals surface area (Å²) in [5.74, 6) is -0.844. The van der Waals surface area contributed by atoms with Crippen LogP contribution in [-0.2, 0) is 23.9 Å². The number of anilines is 1. The maximum atomic E-state index is 14.2. The summed E-state index contributed by atoms with van der Waals surface area (Å²) >= 11 is 3.21. The van der Waals surface area contributed by atoms with Gasteiger partial charge in [-0.15, -0.1) is 32.9 Å². The van der Waals surface area contributed by atoms with Crippen LogP contribution in [0.2, 0.25) is 0 Å². The lowest BCUT2D eigenvalue weighted by atomic mass is 9.85. The summed E-state index contributed by atoms with van der Waals surface area (Å²) in [6, 6.07) is 13.4. The van der Waals surface area contributed by atoms with Gasteiger partial charge in [0.05, 0.1) is 53.1 Å². The molecule has 68 heavy (non-hydrogen) atoms. The fourth-order valence-corrected chi connectivity index (χ4v) is 11.4. The second-order valence-electron chi connectivity index (χ2n) is 19.2. The molecule has 3 amide bonds. The number of benzene rings is 2. The van der Waals surface area contributed by atoms with E-state index < -0.39 is 41.5 Å². The number of hydrogen-bond donors (Lipinski definition) is 4. The third kappa shape index (κ3) is 10.3. The molecule has 5 atom stereocenters. The van der Waals surface area contributed by atoms with Gasteiger partial charge in [-0.2, -0.15) is 0 Å². The quantitative estimate of drug-likeness (QED) is 0.0912. The molecule has 18 heteroatoms. The lowest BCUT2D eigenvalue weighted by Gasteiger charge is -2.35. The molecule has 16 nitrogen and oxygen atoms in total. The first-order valence-electron chi connectivity index (χ1n) is 23.3. The van der Waals surface area contributed by atoms with Crippen LogP contribution in [0.15, 0.2) is 59.0 Å². The first-order valence-corrected chi connectivity index (χ1v) is 25.0. The number of piperidine rings is 1. The lowest BCUT2D eigenvalue weighted by Crippen LogP contribution is -2.58. The highest BCUT2D eigenvalue weighted by molar-refractivity contribution is 7.15. The standard InChI is InChI=1S/C50H61N9O7S2/c1-27-30(4)68-49-42(27)43(53-38(24-41(62)63)46-56-55-31(5)59(46)49)33-13-15-35(16-14-33)57-20-17-37(18-21-57)66-22-19-40(61)54-45(50(6,7)8)48(65)58-25-36(60)23-39(58)47(64)52-28(2)32-9-11-34(12-10-32)44-29(3)51-26-67-44/h9-16,26,28,36-39,45,60H,17-25H2,1-8H3,(H,52,64)(H,54,61)(H,62,63)/t28-,36+,38-,39-,45+/m0/s1. The van der Waals surface area contributed by atoms with Gasteiger partial charge < -0.3 is 35.4 Å². The van der Waals surface area contributed by atoms with Crippen LogP contribution in [0.3, 0.4) is 0 Å². The molecule has 4 N–H and O–H groups in total. The Kier molecular flexibility index (Phi) is 14.3. The molecule has 2 aromatic carbocycles. The third-order valence-electron chi connectivity index (χ3n) is 13.3. The minimum absolute atomic E-state index is 0.00647. The molecule has 3 aliphatic rings. The molecule has 3 aromatic heterocycles. The highest BCUT2D eigenvalue weighted by atomic mass is 32.1. The van der Waals surface area contributed by atoms with Crippen LogP contribution in [0.5, 0.6) is 0 Å². The number of aliphatic carboxylic acids is 1. The smallest absolute Gasteiger partial charge is 0.306 e. The van der Waals surface area contributed by atoms with E-state index in [1.165, 1.54) is 4.90 Å². The predicted molar refractivity (Wildman–Crippen MR) is 263 cm³/mol. The molecule has 0 radical (unpaired) electrons. The SMILES string of the molecule is Cc1ncsc1-c1ccc([C@H](C)NC(=O)[C@@H]2C[C@@H](O)CN2C(=O)[C@@H](NC(=O)CCOC2CCN(c3ccc(C4=N[C@@H](CC(=O)O)c5nnc(C)n5-c5sc(C)c(C)c54)cc3)CC2)C(C)(C)C)cc1. The molecule has 5 aromatic rings. The van der Waals surface area contributed by atoms with Gasteiger partial charge in [0, 0.05) is 54.2 Å². The number of thiazole rings is 1. The molecule has 0 spiro atoms. The number of ether oxygens (including phenoxy) is 1. The van der Waals surface area contributed by atoms with Crippen LogP contribution in [0.25, 0.3) is 15.4 Å². The normalized spacial score (nSPS) is 19.4. The van der Waals surface area contributed by atoms with Gasteiger partial charge in [-0.05, 0) is 81.7 Å². The summed E-state index contributed by atoms with van der Waals surface area (Å²) in [6.45, 7) is 17.2. The van der Waals surface area contributed by atoms with E-state index in [0.717, 1.165) is 85.6 Å². The van der Waals surface area contributed by atoms with Gasteiger partial charge in [0.2, 0.25) is 17.7 Å². The summed E-state index contributed by atoms with van der Waals surface area (Å²) in [5.41, 5.74) is 8.81. The van der Waals surface area contributed by atoms with Crippen LogP contribution < -0.4 is 15.5 Å². The molecule has 2 saturated heterocycles. The zero-order valence-electron chi connectivity index (χ0n) is 39.9. The molecule has 0 saturated carbocycles. The van der Waals surface area contributed by atoms with E-state index in [2.05, 4.69) is 56.7 Å². The van der Waals surface area contributed by atoms with E-state index in [0.29, 0.717) is 11.6 Å². The van der Waals surface area contributed by atoms with E-state index in [1.54, 1.807) is 22.7 Å². The number of aliphatic hydroxyl groups is 1. The molecular weight excluding hydrogens is 903 g/mol. The molecular formula is C50H61N9O7S2. The fraction of sp³-hybridized carbons (Fsp3) is 0.480. The molecule has 6 heterocycles. The van der Waals surface area contributed by atoms with E-state index in [4.69, 9.17) is 9.73 Å². The number of likely N-dealkylation sites (tertiary alicyclic amines) is 1. The summed E-state index contributed by atoms with van der Waals surface area (Å²) < 4.78 is 8.17. The second kappa shape index (κ2) is 20.0. The highest BCUT2D eigenvalue weighted by Gasteiger charge is 2.45. The lowest BCUT2D eigenvalue weighted by molar-refractivity contribution is -0.144. The number of aliphatic hydroxyl groups excluding tert-OH is 1. The van der Waals surface area contributed by atoms with Crippen molar-refractivity contribution >= 4 is 57.8 Å². The Balaban J connectivity index is 0.835. The largest absolute Gasteiger partial charge is 0.481 e. The van der Waals surface area contributed by atoms with E-state index in [9.17, 15) is 29.4 Å². The Morgan fingerprint density at radius 1 is 0.941 bits per heavy atom. The number of amides is 3. The number of hydrogen-bond acceptors (Lipinski definition) is 13. The van der Waals surface area contributed by atoms with E-state index in [-0.39, 0.29) is 56.4 Å². The monoisotopic (exact) mass is 963 g/mol. The van der Waals surface area contributed by atoms with Crippen LogP contribution in [0, 0.1) is 33.1 Å². The Morgan fingerprint density at radius 2 is 1.63 bits per heavy atom. The summed E-state index contributed by atoms with van der Waals surface area (Å²) in [7, 11) is 0. The zero-order valence-corrected chi connectivity index (χ0v) is 41.5. The highest BCUT2D eigenvalue weighted by Crippen LogP contribution is 2.40. The summed E-state index contributed by atoms with van der Waals surface area (Å²) in [5, 5.41) is 36.1. The zero-order chi connectivity index (χ0) is 48.6. The van der Waals surface area contributed by atoms with Gasteiger partial charge in [0.25, 0.3) is 0 Å².